The smallest absolute Gasteiger partial charge is 0.264 e. The van der Waals surface area contributed by atoms with Crippen molar-refractivity contribution in [2.75, 3.05) is 31.5 Å². The van der Waals surface area contributed by atoms with Gasteiger partial charge in [-0.1, -0.05) is 16.8 Å². The van der Waals surface area contributed by atoms with Crippen molar-refractivity contribution < 1.29 is 23.2 Å². The number of nitrogens with one attached hydrogen (secondary N) is 1. The average Bonchev–Trinajstić information content (AvgIpc) is 3.45. The highest BCUT2D eigenvalue weighted by Crippen LogP contribution is 2.36. The minimum atomic E-state index is -0.509. The van der Waals surface area contributed by atoms with Crippen LogP contribution < -0.4 is 20.5 Å². The number of aromatic nitrogens is 4. The Morgan fingerprint density at radius 2 is 2.00 bits per heavy atom. The third-order valence-electron chi connectivity index (χ3n) is 4.93. The lowest BCUT2D eigenvalue weighted by Crippen LogP contribution is -2.20. The zero-order valence-corrected chi connectivity index (χ0v) is 20.4. The van der Waals surface area contributed by atoms with Crippen LogP contribution in [0, 0.1) is 5.82 Å². The highest BCUT2D eigenvalue weighted by molar-refractivity contribution is 7.98. The Kier molecular flexibility index (Phi) is 7.12. The summed E-state index contributed by atoms with van der Waals surface area (Å²) in [6.45, 7) is -0.218. The molecule has 0 aliphatic rings. The number of methoxy groups -OCH3 is 2. The number of nitrogens with zero attached hydrogens (tertiary/aromatic N) is 4. The van der Waals surface area contributed by atoms with Gasteiger partial charge in [0, 0.05) is 5.56 Å². The van der Waals surface area contributed by atoms with Crippen LogP contribution in [0.3, 0.4) is 0 Å². The van der Waals surface area contributed by atoms with Crippen molar-refractivity contribution in [2.45, 2.75) is 11.6 Å². The van der Waals surface area contributed by atoms with Crippen molar-refractivity contribution in [3.8, 4) is 34.3 Å². The number of nitrogens with two attached hydrogens (primary N) is 1. The van der Waals surface area contributed by atoms with Gasteiger partial charge in [0.15, 0.2) is 11.5 Å². The quantitative estimate of drug-likeness (QED) is 0.327. The van der Waals surface area contributed by atoms with E-state index in [-0.39, 0.29) is 29.0 Å². The first-order valence-corrected chi connectivity index (χ1v) is 11.7. The van der Waals surface area contributed by atoms with Gasteiger partial charge in [0.1, 0.15) is 28.8 Å². The maximum Gasteiger partial charge on any atom is 0.264 e. The molecule has 13 heteroatoms. The first-order valence-electron chi connectivity index (χ1n) is 10.1. The molecule has 0 fully saturated rings. The molecule has 3 N–H and O–H groups in total. The number of anilines is 2. The fraction of sp³-hybridized carbons (Fsp3) is 0.182. The summed E-state index contributed by atoms with van der Waals surface area (Å²) < 4.78 is 30.6. The third kappa shape index (κ3) is 5.03. The van der Waals surface area contributed by atoms with Crippen molar-refractivity contribution in [3.63, 3.8) is 0 Å². The molecule has 0 unspecified atom stereocenters. The molecule has 0 atom stereocenters. The summed E-state index contributed by atoms with van der Waals surface area (Å²) in [5, 5.41) is 11.6. The van der Waals surface area contributed by atoms with E-state index < -0.39 is 11.7 Å². The summed E-state index contributed by atoms with van der Waals surface area (Å²) >= 11 is 7.29. The molecule has 2 heterocycles. The normalized spacial score (nSPS) is 10.9. The Hall–Kier alpha value is -3.77. The molecular weight excluding hydrogens is 499 g/mol. The van der Waals surface area contributed by atoms with E-state index in [4.69, 9.17) is 31.3 Å². The number of benzene rings is 2. The van der Waals surface area contributed by atoms with E-state index in [1.165, 1.54) is 35.7 Å². The van der Waals surface area contributed by atoms with Gasteiger partial charge in [-0.3, -0.25) is 4.79 Å². The monoisotopic (exact) mass is 518 g/mol. The van der Waals surface area contributed by atoms with Gasteiger partial charge in [-0.05, 0) is 42.7 Å². The Labute approximate surface area is 208 Å². The van der Waals surface area contributed by atoms with Gasteiger partial charge in [-0.15, -0.1) is 11.8 Å². The Balaban J connectivity index is 1.59. The standard InChI is InChI=1S/C22H20ClFN6O4S/c1-32-15-7-4-11(8-16(15)33-2)20-27-21(34-29-20)18-19(25)30(28-22(18)35-3)10-17(31)26-14-6-5-12(24)9-13(14)23/h4-9H,10,25H2,1-3H3,(H,26,31). The van der Waals surface area contributed by atoms with Crippen LogP contribution in [0.1, 0.15) is 0 Å². The second-order valence-corrected chi connectivity index (χ2v) is 8.29. The van der Waals surface area contributed by atoms with Crippen LogP contribution in [0.4, 0.5) is 15.9 Å². The fourth-order valence-electron chi connectivity index (χ4n) is 3.25. The number of carbonyl (C=O) groups is 1. The summed E-state index contributed by atoms with van der Waals surface area (Å²) in [7, 11) is 3.08. The molecule has 1 amide bonds. The van der Waals surface area contributed by atoms with E-state index in [0.717, 1.165) is 6.07 Å². The van der Waals surface area contributed by atoms with E-state index in [0.29, 0.717) is 33.5 Å². The lowest BCUT2D eigenvalue weighted by atomic mass is 10.2. The van der Waals surface area contributed by atoms with Gasteiger partial charge in [-0.2, -0.15) is 10.1 Å². The largest absolute Gasteiger partial charge is 0.493 e. The van der Waals surface area contributed by atoms with Gasteiger partial charge in [-0.25, -0.2) is 9.07 Å². The molecule has 2 aromatic carbocycles. The minimum Gasteiger partial charge on any atom is -0.493 e. The Bertz CT molecular complexity index is 1390. The maximum absolute atomic E-state index is 13.3. The third-order valence-corrected chi connectivity index (χ3v) is 5.92. The van der Waals surface area contributed by atoms with E-state index in [1.54, 1.807) is 31.6 Å². The molecular formula is C22H20ClFN6O4S. The number of ether oxygens (including phenoxy) is 2. The molecule has 0 aliphatic carbocycles. The second kappa shape index (κ2) is 10.2. The van der Waals surface area contributed by atoms with Gasteiger partial charge in [0.25, 0.3) is 5.89 Å². The molecule has 4 rings (SSSR count). The number of rotatable bonds is 8. The van der Waals surface area contributed by atoms with Crippen molar-refractivity contribution >= 4 is 40.8 Å². The molecule has 4 aromatic rings. The topological polar surface area (TPSA) is 130 Å². The number of amides is 1. The van der Waals surface area contributed by atoms with Gasteiger partial charge in [0.05, 0.1) is 24.9 Å². The highest BCUT2D eigenvalue weighted by Gasteiger charge is 2.24. The van der Waals surface area contributed by atoms with Crippen LogP contribution >= 0.6 is 23.4 Å². The Morgan fingerprint density at radius 1 is 1.23 bits per heavy atom. The van der Waals surface area contributed by atoms with Crippen LogP contribution in [-0.2, 0) is 11.3 Å². The number of halogens is 2. The van der Waals surface area contributed by atoms with E-state index in [2.05, 4.69) is 20.6 Å². The molecule has 35 heavy (non-hydrogen) atoms. The van der Waals surface area contributed by atoms with Crippen LogP contribution in [0.5, 0.6) is 11.5 Å². The molecule has 0 aliphatic heterocycles. The van der Waals surface area contributed by atoms with Gasteiger partial charge < -0.3 is 25.0 Å². The molecule has 10 nitrogen and oxygen atoms in total. The SMILES string of the molecule is COc1ccc(-c2noc(-c3c(SC)nn(CC(=O)Nc4ccc(F)cc4Cl)c3N)n2)cc1OC. The van der Waals surface area contributed by atoms with E-state index in [9.17, 15) is 9.18 Å². The second-order valence-electron chi connectivity index (χ2n) is 7.09. The predicted molar refractivity (Wildman–Crippen MR) is 130 cm³/mol. The number of hydrogen-bond acceptors (Lipinski definition) is 9. The molecule has 0 radical (unpaired) electrons. The highest BCUT2D eigenvalue weighted by atomic mass is 35.5. The molecule has 2 aromatic heterocycles. The maximum atomic E-state index is 13.3. The number of hydrogen-bond donors (Lipinski definition) is 2. The van der Waals surface area contributed by atoms with Crippen molar-refractivity contribution in [3.05, 3.63) is 47.2 Å². The minimum absolute atomic E-state index is 0.0748. The van der Waals surface area contributed by atoms with Crippen molar-refractivity contribution in [1.29, 1.82) is 0 Å². The van der Waals surface area contributed by atoms with Crippen LogP contribution in [0.15, 0.2) is 45.9 Å². The Morgan fingerprint density at radius 3 is 2.69 bits per heavy atom. The van der Waals surface area contributed by atoms with Gasteiger partial charge in [0.2, 0.25) is 11.7 Å². The first kappa shape index (κ1) is 24.4. The number of thioether (sulfide) groups is 1. The zero-order chi connectivity index (χ0) is 25.1. The molecule has 0 spiro atoms. The number of nitrogen functional groups attached to an aromatic ring is 1. The molecule has 0 bridgehead atoms. The zero-order valence-electron chi connectivity index (χ0n) is 18.8. The summed E-state index contributed by atoms with van der Waals surface area (Å²) in [5.41, 5.74) is 7.62. The van der Waals surface area contributed by atoms with E-state index in [1.807, 2.05) is 0 Å². The molecule has 0 saturated heterocycles. The summed E-state index contributed by atoms with van der Waals surface area (Å²) in [5.74, 6) is 0.732. The van der Waals surface area contributed by atoms with E-state index >= 15 is 0 Å². The summed E-state index contributed by atoms with van der Waals surface area (Å²) in [6, 6.07) is 8.89. The first-order chi connectivity index (χ1) is 16.8. The summed E-state index contributed by atoms with van der Waals surface area (Å²) in [4.78, 5) is 17.0. The fourth-order valence-corrected chi connectivity index (χ4v) is 4.04. The number of carbonyl (C=O) groups excluding carboxylic acids is 1. The lowest BCUT2D eigenvalue weighted by molar-refractivity contribution is -0.116. The van der Waals surface area contributed by atoms with Crippen LogP contribution in [0.2, 0.25) is 5.02 Å². The van der Waals surface area contributed by atoms with Gasteiger partial charge >= 0.3 is 0 Å². The van der Waals surface area contributed by atoms with Crippen LogP contribution in [0.25, 0.3) is 22.8 Å². The van der Waals surface area contributed by atoms with Crippen LogP contribution in [-0.4, -0.2) is 46.3 Å². The average molecular weight is 519 g/mol. The van der Waals surface area contributed by atoms with Crippen molar-refractivity contribution in [1.82, 2.24) is 19.9 Å². The predicted octanol–water partition coefficient (Wildman–Crippen LogP) is 4.35. The lowest BCUT2D eigenvalue weighted by Gasteiger charge is -2.08. The summed E-state index contributed by atoms with van der Waals surface area (Å²) in [6.07, 6.45) is 1.81. The van der Waals surface area contributed by atoms with Crippen molar-refractivity contribution in [2.24, 2.45) is 0 Å². The molecule has 0 saturated carbocycles. The molecule has 182 valence electrons.